The Balaban J connectivity index is 2.06. The van der Waals surface area contributed by atoms with E-state index < -0.39 is 0 Å². The van der Waals surface area contributed by atoms with Gasteiger partial charge in [0.05, 0.1) is 11.6 Å². The van der Waals surface area contributed by atoms with Crippen molar-refractivity contribution in [3.05, 3.63) is 45.8 Å². The molecule has 0 amide bonds. The monoisotopic (exact) mass is 257 g/mol. The number of hydrogen-bond donors (Lipinski definition) is 0. The fourth-order valence-electron chi connectivity index (χ4n) is 1.76. The van der Waals surface area contributed by atoms with Crippen molar-refractivity contribution in [3.63, 3.8) is 0 Å². The summed E-state index contributed by atoms with van der Waals surface area (Å²) in [5.41, 5.74) is 1.55. The highest BCUT2D eigenvalue weighted by molar-refractivity contribution is 7.09. The molecule has 0 aromatic carbocycles. The molecule has 2 aromatic heterocycles. The largest absolute Gasteiger partial charge is 0.359 e. The molecule has 0 unspecified atom stereocenters. The average molecular weight is 257 g/mol. The van der Waals surface area contributed by atoms with E-state index in [2.05, 4.69) is 33.5 Å². The number of aryl methyl sites for hydroxylation is 1. The number of anilines is 1. The Bertz CT molecular complexity index is 555. The van der Waals surface area contributed by atoms with Gasteiger partial charge in [-0.1, -0.05) is 6.07 Å². The van der Waals surface area contributed by atoms with E-state index in [0.717, 1.165) is 24.5 Å². The Morgan fingerprint density at radius 2 is 2.28 bits per heavy atom. The third kappa shape index (κ3) is 3.08. The lowest BCUT2D eigenvalue weighted by Gasteiger charge is -2.18. The normalized spacial score (nSPS) is 10.1. The van der Waals surface area contributed by atoms with Gasteiger partial charge in [0.15, 0.2) is 0 Å². The maximum atomic E-state index is 8.95. The van der Waals surface area contributed by atoms with Crippen LogP contribution in [-0.2, 0) is 6.42 Å². The van der Waals surface area contributed by atoms with Gasteiger partial charge in [0, 0.05) is 24.2 Å². The minimum absolute atomic E-state index is 0.667. The summed E-state index contributed by atoms with van der Waals surface area (Å²) < 4.78 is 0. The van der Waals surface area contributed by atoms with E-state index in [1.165, 1.54) is 4.88 Å². The molecule has 0 bridgehead atoms. The first-order valence-corrected chi connectivity index (χ1v) is 6.69. The summed E-state index contributed by atoms with van der Waals surface area (Å²) in [6, 6.07) is 10.0. The zero-order chi connectivity index (χ0) is 13.0. The van der Waals surface area contributed by atoms with Crippen molar-refractivity contribution in [2.45, 2.75) is 13.3 Å². The maximum Gasteiger partial charge on any atom is 0.129 e. The van der Waals surface area contributed by atoms with Gasteiger partial charge in [0.2, 0.25) is 0 Å². The minimum Gasteiger partial charge on any atom is -0.359 e. The predicted molar refractivity (Wildman–Crippen MR) is 75.0 cm³/mol. The second-order valence-corrected chi connectivity index (χ2v) is 5.25. The van der Waals surface area contributed by atoms with Gasteiger partial charge in [-0.2, -0.15) is 5.26 Å². The topological polar surface area (TPSA) is 39.9 Å². The molecule has 18 heavy (non-hydrogen) atoms. The lowest BCUT2D eigenvalue weighted by Crippen LogP contribution is -2.21. The molecule has 0 saturated heterocycles. The molecule has 0 aliphatic rings. The first kappa shape index (κ1) is 12.6. The van der Waals surface area contributed by atoms with Gasteiger partial charge >= 0.3 is 0 Å². The third-order valence-electron chi connectivity index (χ3n) is 2.73. The Kier molecular flexibility index (Phi) is 3.96. The summed E-state index contributed by atoms with van der Waals surface area (Å²) in [5.74, 6) is 0.864. The molecular weight excluding hydrogens is 242 g/mol. The molecule has 0 aliphatic heterocycles. The number of hydrogen-bond acceptors (Lipinski definition) is 4. The standard InChI is InChI=1S/C14H15N3S/c1-11-8-12(10-15)9-14(16-11)17(2)6-5-13-4-3-7-18-13/h3-4,7-9H,5-6H2,1-2H3. The first-order chi connectivity index (χ1) is 8.69. The molecule has 3 nitrogen and oxygen atoms in total. The lowest BCUT2D eigenvalue weighted by molar-refractivity contribution is 0.865. The molecule has 2 aromatic rings. The van der Waals surface area contributed by atoms with Crippen molar-refractivity contribution >= 4 is 17.2 Å². The van der Waals surface area contributed by atoms with Crippen LogP contribution >= 0.6 is 11.3 Å². The van der Waals surface area contributed by atoms with Crippen LogP contribution in [0, 0.1) is 18.3 Å². The van der Waals surface area contributed by atoms with Crippen LogP contribution in [0.25, 0.3) is 0 Å². The Morgan fingerprint density at radius 1 is 1.44 bits per heavy atom. The van der Waals surface area contributed by atoms with Crippen molar-refractivity contribution in [2.24, 2.45) is 0 Å². The van der Waals surface area contributed by atoms with E-state index in [0.29, 0.717) is 5.56 Å². The van der Waals surface area contributed by atoms with Crippen LogP contribution in [0.2, 0.25) is 0 Å². The van der Waals surface area contributed by atoms with E-state index in [-0.39, 0.29) is 0 Å². The number of rotatable bonds is 4. The van der Waals surface area contributed by atoms with Gasteiger partial charge in [-0.05, 0) is 36.9 Å². The number of pyridine rings is 1. The van der Waals surface area contributed by atoms with Gasteiger partial charge in [0.1, 0.15) is 5.82 Å². The fourth-order valence-corrected chi connectivity index (χ4v) is 2.46. The molecule has 0 radical (unpaired) electrons. The van der Waals surface area contributed by atoms with Gasteiger partial charge < -0.3 is 4.90 Å². The van der Waals surface area contributed by atoms with Crippen molar-refractivity contribution in [2.75, 3.05) is 18.5 Å². The summed E-state index contributed by atoms with van der Waals surface area (Å²) >= 11 is 1.77. The first-order valence-electron chi connectivity index (χ1n) is 5.81. The Morgan fingerprint density at radius 3 is 2.94 bits per heavy atom. The highest BCUT2D eigenvalue weighted by Gasteiger charge is 2.06. The van der Waals surface area contributed by atoms with Gasteiger partial charge in [0.25, 0.3) is 0 Å². The molecule has 2 rings (SSSR count). The second-order valence-electron chi connectivity index (χ2n) is 4.22. The van der Waals surface area contributed by atoms with Gasteiger partial charge in [-0.25, -0.2) is 4.98 Å². The number of thiophene rings is 1. The summed E-state index contributed by atoms with van der Waals surface area (Å²) in [6.07, 6.45) is 1.01. The average Bonchev–Trinajstić information content (AvgIpc) is 2.88. The lowest BCUT2D eigenvalue weighted by atomic mass is 10.2. The molecule has 0 atom stereocenters. The van der Waals surface area contributed by atoms with E-state index in [4.69, 9.17) is 5.26 Å². The highest BCUT2D eigenvalue weighted by Crippen LogP contribution is 2.15. The quantitative estimate of drug-likeness (QED) is 0.845. The van der Waals surface area contributed by atoms with Crippen molar-refractivity contribution < 1.29 is 0 Å². The third-order valence-corrected chi connectivity index (χ3v) is 3.67. The van der Waals surface area contributed by atoms with Crippen molar-refractivity contribution in [1.29, 1.82) is 5.26 Å². The van der Waals surface area contributed by atoms with Crippen LogP contribution in [-0.4, -0.2) is 18.6 Å². The summed E-state index contributed by atoms with van der Waals surface area (Å²) in [4.78, 5) is 7.92. The molecular formula is C14H15N3S. The summed E-state index contributed by atoms with van der Waals surface area (Å²) in [7, 11) is 2.01. The van der Waals surface area contributed by atoms with E-state index in [1.807, 2.05) is 20.0 Å². The fraction of sp³-hybridized carbons (Fsp3) is 0.286. The number of aromatic nitrogens is 1. The molecule has 4 heteroatoms. The van der Waals surface area contributed by atoms with Crippen molar-refractivity contribution in [3.8, 4) is 6.07 Å². The molecule has 0 fully saturated rings. The zero-order valence-electron chi connectivity index (χ0n) is 10.6. The molecule has 0 saturated carbocycles. The minimum atomic E-state index is 0.667. The maximum absolute atomic E-state index is 8.95. The van der Waals surface area contributed by atoms with E-state index in [9.17, 15) is 0 Å². The van der Waals surface area contributed by atoms with Crippen molar-refractivity contribution in [1.82, 2.24) is 4.98 Å². The van der Waals surface area contributed by atoms with E-state index >= 15 is 0 Å². The Labute approximate surface area is 111 Å². The summed E-state index contributed by atoms with van der Waals surface area (Å²) in [5, 5.41) is 11.0. The summed E-state index contributed by atoms with van der Waals surface area (Å²) in [6.45, 7) is 2.82. The van der Waals surface area contributed by atoms with Crippen LogP contribution in [0.3, 0.4) is 0 Å². The number of nitrogens with zero attached hydrogens (tertiary/aromatic N) is 3. The Hall–Kier alpha value is -1.86. The molecule has 0 aliphatic carbocycles. The molecule has 2 heterocycles. The molecule has 0 spiro atoms. The van der Waals surface area contributed by atoms with Crippen LogP contribution < -0.4 is 4.90 Å². The van der Waals surface area contributed by atoms with Crippen LogP contribution in [0.15, 0.2) is 29.6 Å². The number of likely N-dealkylation sites (N-methyl/N-ethyl adjacent to an activating group) is 1. The number of nitriles is 1. The van der Waals surface area contributed by atoms with Crippen LogP contribution in [0.1, 0.15) is 16.1 Å². The zero-order valence-corrected chi connectivity index (χ0v) is 11.4. The molecule has 0 N–H and O–H groups in total. The smallest absolute Gasteiger partial charge is 0.129 e. The second kappa shape index (κ2) is 5.65. The van der Waals surface area contributed by atoms with Crippen LogP contribution in [0.4, 0.5) is 5.82 Å². The van der Waals surface area contributed by atoms with E-state index in [1.54, 1.807) is 17.4 Å². The highest BCUT2D eigenvalue weighted by atomic mass is 32.1. The van der Waals surface area contributed by atoms with Gasteiger partial charge in [-0.15, -0.1) is 11.3 Å². The predicted octanol–water partition coefficient (Wildman–Crippen LogP) is 3.00. The molecule has 92 valence electrons. The SMILES string of the molecule is Cc1cc(C#N)cc(N(C)CCc2cccs2)n1. The van der Waals surface area contributed by atoms with Crippen LogP contribution in [0.5, 0.6) is 0 Å². The van der Waals surface area contributed by atoms with Gasteiger partial charge in [-0.3, -0.25) is 0 Å².